The number of piperidine rings is 1. The average molecular weight is 519 g/mol. The number of esters is 1. The number of carbonyl (C=O) groups is 1. The molecule has 1 aliphatic heterocycles. The van der Waals surface area contributed by atoms with Crippen molar-refractivity contribution < 1.29 is 14.3 Å². The van der Waals surface area contributed by atoms with E-state index < -0.39 is 0 Å². The molecule has 3 heterocycles. The molecule has 194 valence electrons. The van der Waals surface area contributed by atoms with Gasteiger partial charge in [0.05, 0.1) is 30.7 Å². The van der Waals surface area contributed by atoms with Gasteiger partial charge in [-0.25, -0.2) is 14.3 Å². The number of unbranched alkanes of at least 4 members (excludes halogenated alkanes) is 2. The van der Waals surface area contributed by atoms with Gasteiger partial charge in [0.25, 0.3) is 0 Å². The molecule has 0 spiro atoms. The molecule has 0 N–H and O–H groups in total. The minimum absolute atomic E-state index is 0.316. The van der Waals surface area contributed by atoms with E-state index in [-0.39, 0.29) is 5.97 Å². The number of imidazole rings is 1. The summed E-state index contributed by atoms with van der Waals surface area (Å²) in [5, 5.41) is 5.71. The molecule has 0 unspecified atom stereocenters. The first-order chi connectivity index (χ1) is 18.2. The van der Waals surface area contributed by atoms with Crippen LogP contribution in [0.25, 0.3) is 26.8 Å². The number of carbonyl (C=O) groups excluding carboxylic acids is 1. The number of aromatic nitrogens is 3. The Kier molecular flexibility index (Phi) is 8.48. The van der Waals surface area contributed by atoms with E-state index in [1.807, 2.05) is 35.0 Å². The fourth-order valence-electron chi connectivity index (χ4n) is 4.68. The Morgan fingerprint density at radius 2 is 1.70 bits per heavy atom. The summed E-state index contributed by atoms with van der Waals surface area (Å²) >= 11 is 1.55. The molecule has 2 aromatic heterocycles. The summed E-state index contributed by atoms with van der Waals surface area (Å²) < 4.78 is 12.9. The second-order valence-corrected chi connectivity index (χ2v) is 10.3. The lowest BCUT2D eigenvalue weighted by Gasteiger charge is -2.26. The van der Waals surface area contributed by atoms with Crippen molar-refractivity contribution in [3.63, 3.8) is 0 Å². The summed E-state index contributed by atoms with van der Waals surface area (Å²) in [7, 11) is 0. The molecule has 0 radical (unpaired) electrons. The molecule has 1 fully saturated rings. The van der Waals surface area contributed by atoms with Gasteiger partial charge in [-0.15, -0.1) is 0 Å². The van der Waals surface area contributed by atoms with Crippen molar-refractivity contribution in [2.24, 2.45) is 0 Å². The predicted molar refractivity (Wildman–Crippen MR) is 147 cm³/mol. The SMILES string of the molecule is CCOC(=O)c1ccc(-c2cnc3sc(-c4ccc(OCCCCCN5CCCCC5)cc4)nn23)cc1. The van der Waals surface area contributed by atoms with E-state index in [2.05, 4.69) is 22.0 Å². The molecule has 0 saturated carbocycles. The molecule has 0 atom stereocenters. The van der Waals surface area contributed by atoms with Crippen LogP contribution in [0.1, 0.15) is 55.8 Å². The highest BCUT2D eigenvalue weighted by Crippen LogP contribution is 2.30. The summed E-state index contributed by atoms with van der Waals surface area (Å²) in [6.45, 7) is 6.69. The van der Waals surface area contributed by atoms with Gasteiger partial charge < -0.3 is 14.4 Å². The second kappa shape index (κ2) is 12.3. The van der Waals surface area contributed by atoms with Crippen LogP contribution in [-0.4, -0.2) is 58.3 Å². The number of likely N-dealkylation sites (tertiary alicyclic amines) is 1. The van der Waals surface area contributed by atoms with Crippen molar-refractivity contribution in [3.05, 3.63) is 60.3 Å². The van der Waals surface area contributed by atoms with Crippen molar-refractivity contribution in [2.75, 3.05) is 32.8 Å². The van der Waals surface area contributed by atoms with Crippen molar-refractivity contribution in [1.29, 1.82) is 0 Å². The maximum Gasteiger partial charge on any atom is 0.338 e. The van der Waals surface area contributed by atoms with Crippen LogP contribution in [0.2, 0.25) is 0 Å². The first-order valence-electron chi connectivity index (χ1n) is 13.3. The van der Waals surface area contributed by atoms with Gasteiger partial charge in [0.15, 0.2) is 0 Å². The van der Waals surface area contributed by atoms with Crippen LogP contribution in [0.4, 0.5) is 0 Å². The molecule has 2 aromatic carbocycles. The van der Waals surface area contributed by atoms with Crippen LogP contribution in [0, 0.1) is 0 Å². The largest absolute Gasteiger partial charge is 0.494 e. The van der Waals surface area contributed by atoms with Crippen molar-refractivity contribution in [3.8, 4) is 27.6 Å². The summed E-state index contributed by atoms with van der Waals surface area (Å²) in [4.78, 5) is 19.9. The third kappa shape index (κ3) is 6.37. The zero-order valence-electron chi connectivity index (χ0n) is 21.4. The van der Waals surface area contributed by atoms with E-state index >= 15 is 0 Å². The Bertz CT molecular complexity index is 1290. The molecular formula is C29H34N4O3S. The van der Waals surface area contributed by atoms with Gasteiger partial charge in [0.2, 0.25) is 4.96 Å². The van der Waals surface area contributed by atoms with E-state index in [4.69, 9.17) is 14.6 Å². The Balaban J connectivity index is 1.15. The minimum atomic E-state index is -0.316. The monoisotopic (exact) mass is 518 g/mol. The standard InChI is InChI=1S/C29H34N4O3S/c1-2-35-28(34)24-11-9-22(10-12-24)26-21-30-29-33(26)31-27(37-29)23-13-15-25(16-14-23)36-20-8-4-7-19-32-17-5-3-6-18-32/h9-16,21H,2-8,17-20H2,1H3. The van der Waals surface area contributed by atoms with Crippen LogP contribution in [0.15, 0.2) is 54.7 Å². The van der Waals surface area contributed by atoms with Crippen LogP contribution in [0.5, 0.6) is 5.75 Å². The van der Waals surface area contributed by atoms with E-state index in [9.17, 15) is 4.79 Å². The van der Waals surface area contributed by atoms with Crippen LogP contribution >= 0.6 is 11.3 Å². The molecule has 8 heteroatoms. The van der Waals surface area contributed by atoms with Gasteiger partial charge in [0, 0.05) is 11.1 Å². The van der Waals surface area contributed by atoms with Gasteiger partial charge >= 0.3 is 5.97 Å². The number of nitrogens with zero attached hydrogens (tertiary/aromatic N) is 4. The predicted octanol–water partition coefficient (Wildman–Crippen LogP) is 6.34. The van der Waals surface area contributed by atoms with Gasteiger partial charge in [0.1, 0.15) is 10.8 Å². The molecule has 1 aliphatic rings. The molecule has 1 saturated heterocycles. The number of ether oxygens (including phenoxy) is 2. The first-order valence-corrected chi connectivity index (χ1v) is 14.1. The van der Waals surface area contributed by atoms with Crippen LogP contribution < -0.4 is 4.74 Å². The lowest BCUT2D eigenvalue weighted by Crippen LogP contribution is -2.30. The van der Waals surface area contributed by atoms with Crippen LogP contribution in [0.3, 0.4) is 0 Å². The Morgan fingerprint density at radius 1 is 0.946 bits per heavy atom. The first kappa shape index (κ1) is 25.4. The second-order valence-electron chi connectivity index (χ2n) is 9.38. The van der Waals surface area contributed by atoms with E-state index in [1.54, 1.807) is 30.4 Å². The van der Waals surface area contributed by atoms with Gasteiger partial charge in [-0.3, -0.25) is 0 Å². The highest BCUT2D eigenvalue weighted by atomic mass is 32.1. The summed E-state index contributed by atoms with van der Waals surface area (Å²) in [5.41, 5.74) is 3.39. The minimum Gasteiger partial charge on any atom is -0.494 e. The summed E-state index contributed by atoms with van der Waals surface area (Å²) in [6, 6.07) is 15.5. The number of rotatable bonds is 11. The normalized spacial score (nSPS) is 14.2. The smallest absolute Gasteiger partial charge is 0.338 e. The molecule has 0 aliphatic carbocycles. The molecule has 5 rings (SSSR count). The van der Waals surface area contributed by atoms with E-state index in [0.717, 1.165) is 45.6 Å². The third-order valence-corrected chi connectivity index (χ3v) is 7.69. The molecule has 7 nitrogen and oxygen atoms in total. The van der Waals surface area contributed by atoms with Crippen LogP contribution in [-0.2, 0) is 4.74 Å². The Morgan fingerprint density at radius 3 is 2.46 bits per heavy atom. The van der Waals surface area contributed by atoms with E-state index in [0.29, 0.717) is 12.2 Å². The molecule has 37 heavy (non-hydrogen) atoms. The molecule has 0 bridgehead atoms. The molecule has 4 aromatic rings. The van der Waals surface area contributed by atoms with Gasteiger partial charge in [-0.1, -0.05) is 29.9 Å². The van der Waals surface area contributed by atoms with E-state index in [1.165, 1.54) is 51.7 Å². The highest BCUT2D eigenvalue weighted by molar-refractivity contribution is 7.19. The number of hydrogen-bond acceptors (Lipinski definition) is 7. The summed E-state index contributed by atoms with van der Waals surface area (Å²) in [6.07, 6.45) is 9.48. The molecular weight excluding hydrogens is 484 g/mol. The van der Waals surface area contributed by atoms with Crippen molar-refractivity contribution in [2.45, 2.75) is 45.4 Å². The fourth-order valence-corrected chi connectivity index (χ4v) is 5.56. The third-order valence-electron chi connectivity index (χ3n) is 6.71. The van der Waals surface area contributed by atoms with Gasteiger partial charge in [-0.2, -0.15) is 5.10 Å². The highest BCUT2D eigenvalue weighted by Gasteiger charge is 2.14. The van der Waals surface area contributed by atoms with Crippen molar-refractivity contribution >= 4 is 22.3 Å². The fraction of sp³-hybridized carbons (Fsp3) is 0.414. The van der Waals surface area contributed by atoms with Crippen molar-refractivity contribution in [1.82, 2.24) is 19.5 Å². The maximum atomic E-state index is 11.9. The summed E-state index contributed by atoms with van der Waals surface area (Å²) in [5.74, 6) is 0.576. The van der Waals surface area contributed by atoms with Gasteiger partial charge in [-0.05, 0) is 95.1 Å². The average Bonchev–Trinajstić information content (AvgIpc) is 3.53. The number of benzene rings is 2. The lowest BCUT2D eigenvalue weighted by molar-refractivity contribution is 0.0526. The Labute approximate surface area is 222 Å². The maximum absolute atomic E-state index is 11.9. The number of hydrogen-bond donors (Lipinski definition) is 0. The quantitative estimate of drug-likeness (QED) is 0.171. The number of fused-ring (bicyclic) bond motifs is 1. The Hall–Kier alpha value is -3.23. The zero-order valence-corrected chi connectivity index (χ0v) is 22.2. The lowest BCUT2D eigenvalue weighted by atomic mass is 10.1. The zero-order chi connectivity index (χ0) is 25.5. The topological polar surface area (TPSA) is 69.0 Å². The molecule has 0 amide bonds.